The Morgan fingerprint density at radius 1 is 1.04 bits per heavy atom. The van der Waals surface area contributed by atoms with Gasteiger partial charge in [-0.3, -0.25) is 4.79 Å². The van der Waals surface area contributed by atoms with Gasteiger partial charge in [-0.05, 0) is 63.2 Å². The molecule has 0 aromatic heterocycles. The molecule has 2 heteroatoms. The summed E-state index contributed by atoms with van der Waals surface area (Å²) in [6.07, 6.45) is 3.48. The number of hydrogen-bond acceptors (Lipinski definition) is 2. The fourth-order valence-electron chi connectivity index (χ4n) is 3.99. The minimum absolute atomic E-state index is 0.0272. The van der Waals surface area contributed by atoms with Crippen LogP contribution in [0.15, 0.2) is 0 Å². The Bertz CT molecular complexity index is 397. The van der Waals surface area contributed by atoms with Gasteiger partial charge in [0, 0.05) is 11.0 Å². The molecule has 0 aromatic rings. The quantitative estimate of drug-likeness (QED) is 0.744. The third-order valence-electron chi connectivity index (χ3n) is 6.15. The summed E-state index contributed by atoms with van der Waals surface area (Å²) in [4.78, 5) is 12.9. The van der Waals surface area contributed by atoms with Crippen LogP contribution in [-0.2, 0) is 4.79 Å². The Kier molecular flexibility index (Phi) is 6.17. The number of rotatable bonds is 4. The van der Waals surface area contributed by atoms with E-state index in [9.17, 15) is 4.79 Å². The first-order valence-electron chi connectivity index (χ1n) is 9.46. The van der Waals surface area contributed by atoms with Crippen molar-refractivity contribution >= 4 is 5.78 Å². The van der Waals surface area contributed by atoms with Gasteiger partial charge in [-0.25, -0.2) is 0 Å². The Morgan fingerprint density at radius 2 is 1.48 bits per heavy atom. The SMILES string of the molecule is CC1CC(CC(NC(C)(C)C)C(=O)C(C)(C)C)CC(C)C1(C)C. The summed E-state index contributed by atoms with van der Waals surface area (Å²) >= 11 is 0. The van der Waals surface area contributed by atoms with Crippen LogP contribution in [0.5, 0.6) is 0 Å². The molecule has 3 atom stereocenters. The van der Waals surface area contributed by atoms with E-state index in [-0.39, 0.29) is 17.0 Å². The second-order valence-electron chi connectivity index (χ2n) is 10.8. The average molecular weight is 324 g/mol. The molecular weight excluding hydrogens is 282 g/mol. The van der Waals surface area contributed by atoms with Crippen LogP contribution in [0.4, 0.5) is 0 Å². The van der Waals surface area contributed by atoms with Crippen molar-refractivity contribution in [3.63, 3.8) is 0 Å². The van der Waals surface area contributed by atoms with E-state index in [2.05, 4.69) is 53.8 Å². The summed E-state index contributed by atoms with van der Waals surface area (Å²) in [5.74, 6) is 2.45. The zero-order chi connectivity index (χ0) is 18.2. The minimum Gasteiger partial charge on any atom is -0.303 e. The fourth-order valence-corrected chi connectivity index (χ4v) is 3.99. The Morgan fingerprint density at radius 3 is 1.83 bits per heavy atom. The molecule has 1 N–H and O–H groups in total. The maximum atomic E-state index is 12.9. The molecule has 0 heterocycles. The van der Waals surface area contributed by atoms with Crippen LogP contribution in [0.3, 0.4) is 0 Å². The van der Waals surface area contributed by atoms with Crippen molar-refractivity contribution in [3.8, 4) is 0 Å². The fraction of sp³-hybridized carbons (Fsp3) is 0.952. The van der Waals surface area contributed by atoms with E-state index in [0.29, 0.717) is 17.1 Å². The van der Waals surface area contributed by atoms with Gasteiger partial charge in [0.2, 0.25) is 0 Å². The monoisotopic (exact) mass is 323 g/mol. The molecule has 0 bridgehead atoms. The van der Waals surface area contributed by atoms with E-state index >= 15 is 0 Å². The molecule has 0 aromatic carbocycles. The number of Topliss-reactive ketones (excluding diaryl/α,β-unsaturated/α-hetero) is 1. The number of ketones is 1. The predicted octanol–water partition coefficient (Wildman–Crippen LogP) is 5.46. The number of hydrogen-bond donors (Lipinski definition) is 1. The van der Waals surface area contributed by atoms with Crippen molar-refractivity contribution in [2.24, 2.45) is 28.6 Å². The van der Waals surface area contributed by atoms with Crippen LogP contribution in [0.1, 0.15) is 88.5 Å². The maximum Gasteiger partial charge on any atom is 0.155 e. The van der Waals surface area contributed by atoms with Crippen LogP contribution in [0.2, 0.25) is 0 Å². The van der Waals surface area contributed by atoms with Crippen molar-refractivity contribution in [2.75, 3.05) is 0 Å². The van der Waals surface area contributed by atoms with E-state index in [0.717, 1.165) is 18.3 Å². The molecule has 0 radical (unpaired) electrons. The van der Waals surface area contributed by atoms with Crippen LogP contribution >= 0.6 is 0 Å². The molecule has 2 nitrogen and oxygen atoms in total. The summed E-state index contributed by atoms with van der Waals surface area (Å²) in [6.45, 7) is 22.2. The van der Waals surface area contributed by atoms with Gasteiger partial charge < -0.3 is 5.32 Å². The van der Waals surface area contributed by atoms with Crippen LogP contribution < -0.4 is 5.32 Å². The first-order chi connectivity index (χ1) is 10.1. The lowest BCUT2D eigenvalue weighted by Gasteiger charge is -2.47. The van der Waals surface area contributed by atoms with Gasteiger partial charge in [-0.1, -0.05) is 48.5 Å². The lowest BCUT2D eigenvalue weighted by Crippen LogP contribution is -2.52. The van der Waals surface area contributed by atoms with Crippen LogP contribution in [0, 0.1) is 28.6 Å². The Labute approximate surface area is 145 Å². The molecule has 1 saturated carbocycles. The third kappa shape index (κ3) is 5.59. The molecular formula is C21H41NO. The smallest absolute Gasteiger partial charge is 0.155 e. The van der Waals surface area contributed by atoms with E-state index in [1.54, 1.807) is 0 Å². The predicted molar refractivity (Wildman–Crippen MR) is 101 cm³/mol. The summed E-state index contributed by atoms with van der Waals surface area (Å²) in [6, 6.07) is -0.0272. The molecule has 1 aliphatic rings. The third-order valence-corrected chi connectivity index (χ3v) is 6.15. The number of nitrogens with one attached hydrogen (secondary N) is 1. The Hall–Kier alpha value is -0.370. The van der Waals surface area contributed by atoms with Crippen molar-refractivity contribution in [3.05, 3.63) is 0 Å². The molecule has 0 aliphatic heterocycles. The van der Waals surface area contributed by atoms with Crippen LogP contribution in [-0.4, -0.2) is 17.4 Å². The van der Waals surface area contributed by atoms with Crippen LogP contribution in [0.25, 0.3) is 0 Å². The van der Waals surface area contributed by atoms with Gasteiger partial charge in [0.25, 0.3) is 0 Å². The second-order valence-corrected chi connectivity index (χ2v) is 10.8. The Balaban J connectivity index is 2.88. The van der Waals surface area contributed by atoms with Gasteiger partial charge in [0.15, 0.2) is 5.78 Å². The summed E-state index contributed by atoms with van der Waals surface area (Å²) < 4.78 is 0. The highest BCUT2D eigenvalue weighted by Crippen LogP contribution is 2.48. The van der Waals surface area contributed by atoms with Gasteiger partial charge in [0.1, 0.15) is 0 Å². The molecule has 0 spiro atoms. The van der Waals surface area contributed by atoms with Gasteiger partial charge in [0.05, 0.1) is 6.04 Å². The van der Waals surface area contributed by atoms with Gasteiger partial charge in [-0.2, -0.15) is 0 Å². The minimum atomic E-state index is -0.284. The maximum absolute atomic E-state index is 12.9. The van der Waals surface area contributed by atoms with Gasteiger partial charge >= 0.3 is 0 Å². The number of carbonyl (C=O) groups excluding carboxylic acids is 1. The molecule has 0 saturated heterocycles. The largest absolute Gasteiger partial charge is 0.303 e. The van der Waals surface area contributed by atoms with E-state index in [4.69, 9.17) is 0 Å². The topological polar surface area (TPSA) is 29.1 Å². The standard InChI is InChI=1S/C21H41NO/c1-14-11-16(12-15(2)21(14,9)10)13-17(22-20(6,7)8)18(23)19(3,4)5/h14-17,22H,11-13H2,1-10H3. The van der Waals surface area contributed by atoms with Crippen molar-refractivity contribution < 1.29 is 4.79 Å². The zero-order valence-corrected chi connectivity index (χ0v) is 17.3. The van der Waals surface area contributed by atoms with E-state index in [1.165, 1.54) is 12.8 Å². The lowest BCUT2D eigenvalue weighted by atomic mass is 9.59. The number of carbonyl (C=O) groups is 1. The molecule has 1 rings (SSSR count). The van der Waals surface area contributed by atoms with Gasteiger partial charge in [-0.15, -0.1) is 0 Å². The molecule has 1 fully saturated rings. The molecule has 136 valence electrons. The summed E-state index contributed by atoms with van der Waals surface area (Å²) in [7, 11) is 0. The molecule has 1 aliphatic carbocycles. The lowest BCUT2D eigenvalue weighted by molar-refractivity contribution is -0.129. The summed E-state index contributed by atoms with van der Waals surface area (Å²) in [5, 5.41) is 3.61. The second kappa shape index (κ2) is 6.86. The normalized spacial score (nSPS) is 30.1. The summed E-state index contributed by atoms with van der Waals surface area (Å²) in [5.41, 5.74) is 0.0995. The van der Waals surface area contributed by atoms with Crippen molar-refractivity contribution in [1.82, 2.24) is 5.32 Å². The first-order valence-corrected chi connectivity index (χ1v) is 9.46. The van der Waals surface area contributed by atoms with E-state index in [1.807, 2.05) is 20.8 Å². The van der Waals surface area contributed by atoms with E-state index < -0.39 is 0 Å². The van der Waals surface area contributed by atoms with Crippen molar-refractivity contribution in [1.29, 1.82) is 0 Å². The molecule has 23 heavy (non-hydrogen) atoms. The highest BCUT2D eigenvalue weighted by molar-refractivity contribution is 5.88. The molecule has 0 amide bonds. The zero-order valence-electron chi connectivity index (χ0n) is 17.3. The molecule has 3 unspecified atom stereocenters. The van der Waals surface area contributed by atoms with Crippen molar-refractivity contribution in [2.45, 2.75) is 100 Å². The highest BCUT2D eigenvalue weighted by atomic mass is 16.1. The first kappa shape index (κ1) is 20.7. The highest BCUT2D eigenvalue weighted by Gasteiger charge is 2.41. The average Bonchev–Trinajstić information content (AvgIpc) is 2.32.